The number of aryl methyl sites for hydroxylation is 1. The molecule has 8 heteroatoms. The van der Waals surface area contributed by atoms with Crippen LogP contribution in [0.25, 0.3) is 5.69 Å². The first-order valence-electron chi connectivity index (χ1n) is 9.37. The van der Waals surface area contributed by atoms with E-state index in [-0.39, 0.29) is 6.03 Å². The quantitative estimate of drug-likeness (QED) is 0.454. The van der Waals surface area contributed by atoms with Gasteiger partial charge in [-0.05, 0) is 72.3 Å². The number of carbonyl (C=O) groups excluding carboxylic acids is 1. The van der Waals surface area contributed by atoms with Crippen molar-refractivity contribution in [1.82, 2.24) is 25.1 Å². The minimum atomic E-state index is -0.249. The Morgan fingerprint density at radius 1 is 1.03 bits per heavy atom. The molecule has 0 saturated heterocycles. The van der Waals surface area contributed by atoms with Crippen LogP contribution in [0, 0.1) is 6.92 Å². The number of carbonyl (C=O) groups is 1. The van der Waals surface area contributed by atoms with Gasteiger partial charge >= 0.3 is 6.03 Å². The molecule has 4 rings (SSSR count). The van der Waals surface area contributed by atoms with E-state index in [0.29, 0.717) is 11.7 Å². The molecule has 2 N–H and O–H groups in total. The average molecular weight is 417 g/mol. The second-order valence-electron chi connectivity index (χ2n) is 6.53. The summed E-state index contributed by atoms with van der Waals surface area (Å²) in [5.74, 6) is 0. The van der Waals surface area contributed by atoms with Crippen molar-refractivity contribution in [2.45, 2.75) is 23.5 Å². The van der Waals surface area contributed by atoms with Gasteiger partial charge in [-0.3, -0.25) is 0 Å². The van der Waals surface area contributed by atoms with Gasteiger partial charge in [-0.15, -0.1) is 0 Å². The maximum absolute atomic E-state index is 12.3. The predicted molar refractivity (Wildman–Crippen MR) is 117 cm³/mol. The highest BCUT2D eigenvalue weighted by atomic mass is 32.2. The van der Waals surface area contributed by atoms with Gasteiger partial charge in [0.15, 0.2) is 5.16 Å². The fourth-order valence-electron chi connectivity index (χ4n) is 2.82. The van der Waals surface area contributed by atoms with E-state index >= 15 is 0 Å². The first kappa shape index (κ1) is 19.7. The fourth-order valence-corrected chi connectivity index (χ4v) is 3.63. The van der Waals surface area contributed by atoms with Crippen molar-refractivity contribution < 1.29 is 4.79 Å². The summed E-state index contributed by atoms with van der Waals surface area (Å²) >= 11 is 1.48. The first-order chi connectivity index (χ1) is 14.7. The summed E-state index contributed by atoms with van der Waals surface area (Å²) < 4.78 is 1.79. The molecule has 0 aliphatic rings. The second kappa shape index (κ2) is 9.23. The third kappa shape index (κ3) is 5.03. The third-order valence-corrected chi connectivity index (χ3v) is 5.24. The van der Waals surface area contributed by atoms with Gasteiger partial charge in [0.25, 0.3) is 0 Å². The van der Waals surface area contributed by atoms with Crippen LogP contribution in [0.15, 0.2) is 89.4 Å². The van der Waals surface area contributed by atoms with Gasteiger partial charge in [-0.25, -0.2) is 19.4 Å². The Bertz CT molecular complexity index is 1110. The van der Waals surface area contributed by atoms with E-state index in [1.54, 1.807) is 29.3 Å². The smallest absolute Gasteiger partial charge is 0.319 e. The molecular formula is C22H20N6OS. The molecule has 0 aliphatic carbocycles. The highest BCUT2D eigenvalue weighted by molar-refractivity contribution is 7.99. The standard InChI is InChI=1S/C22H20N6OS/c1-16-14-19(30-22-23-10-2-11-24-22)8-9-20(16)27-21(29)25-15-17-4-6-18(7-5-17)28-13-3-12-26-28/h2-14H,15H2,1H3,(H2,25,27,29). The number of rotatable bonds is 6. The third-order valence-electron chi connectivity index (χ3n) is 4.36. The molecule has 7 nitrogen and oxygen atoms in total. The topological polar surface area (TPSA) is 84.7 Å². The molecule has 150 valence electrons. The highest BCUT2D eigenvalue weighted by Gasteiger charge is 2.07. The molecule has 30 heavy (non-hydrogen) atoms. The number of anilines is 1. The molecule has 0 saturated carbocycles. The van der Waals surface area contributed by atoms with Crippen molar-refractivity contribution in [3.05, 3.63) is 90.5 Å². The van der Waals surface area contributed by atoms with Crippen molar-refractivity contribution in [3.8, 4) is 5.69 Å². The Morgan fingerprint density at radius 3 is 2.53 bits per heavy atom. The van der Waals surface area contributed by atoms with Crippen molar-refractivity contribution >= 4 is 23.5 Å². The van der Waals surface area contributed by atoms with Gasteiger partial charge < -0.3 is 10.6 Å². The lowest BCUT2D eigenvalue weighted by atomic mass is 10.2. The van der Waals surface area contributed by atoms with Gasteiger partial charge in [-0.1, -0.05) is 12.1 Å². The molecular weight excluding hydrogens is 396 g/mol. The number of benzene rings is 2. The minimum absolute atomic E-state index is 0.249. The summed E-state index contributed by atoms with van der Waals surface area (Å²) in [7, 11) is 0. The van der Waals surface area contributed by atoms with E-state index in [2.05, 4.69) is 25.7 Å². The zero-order chi connectivity index (χ0) is 20.8. The van der Waals surface area contributed by atoms with Crippen molar-refractivity contribution in [3.63, 3.8) is 0 Å². The minimum Gasteiger partial charge on any atom is -0.334 e. The Kier molecular flexibility index (Phi) is 6.05. The number of nitrogens with zero attached hydrogens (tertiary/aromatic N) is 4. The van der Waals surface area contributed by atoms with Gasteiger partial charge in [0.2, 0.25) is 0 Å². The maximum Gasteiger partial charge on any atom is 0.319 e. The molecule has 0 bridgehead atoms. The van der Waals surface area contributed by atoms with Crippen LogP contribution in [0.3, 0.4) is 0 Å². The van der Waals surface area contributed by atoms with Crippen LogP contribution in [-0.2, 0) is 6.54 Å². The number of aromatic nitrogens is 4. The zero-order valence-electron chi connectivity index (χ0n) is 16.3. The number of hydrogen-bond acceptors (Lipinski definition) is 5. The number of hydrogen-bond donors (Lipinski definition) is 2. The monoisotopic (exact) mass is 416 g/mol. The molecule has 0 unspecified atom stereocenters. The molecule has 2 heterocycles. The lowest BCUT2D eigenvalue weighted by molar-refractivity contribution is 0.251. The Morgan fingerprint density at radius 2 is 1.83 bits per heavy atom. The van der Waals surface area contributed by atoms with E-state index in [1.165, 1.54) is 11.8 Å². The number of nitrogens with one attached hydrogen (secondary N) is 2. The van der Waals surface area contributed by atoms with E-state index in [4.69, 9.17) is 0 Å². The van der Waals surface area contributed by atoms with E-state index in [1.807, 2.05) is 61.7 Å². The first-order valence-corrected chi connectivity index (χ1v) is 10.2. The summed E-state index contributed by atoms with van der Waals surface area (Å²) in [5, 5.41) is 10.7. The fraction of sp³-hybridized carbons (Fsp3) is 0.0909. The second-order valence-corrected chi connectivity index (χ2v) is 7.58. The van der Waals surface area contributed by atoms with Gasteiger partial charge in [-0.2, -0.15) is 5.10 Å². The molecule has 2 aromatic heterocycles. The van der Waals surface area contributed by atoms with Crippen LogP contribution in [0.5, 0.6) is 0 Å². The lowest BCUT2D eigenvalue weighted by Crippen LogP contribution is -2.28. The SMILES string of the molecule is Cc1cc(Sc2ncccn2)ccc1NC(=O)NCc1ccc(-n2cccn2)cc1. The normalized spacial score (nSPS) is 10.6. The summed E-state index contributed by atoms with van der Waals surface area (Å²) in [6, 6.07) is 17.1. The van der Waals surface area contributed by atoms with Crippen molar-refractivity contribution in [1.29, 1.82) is 0 Å². The summed E-state index contributed by atoms with van der Waals surface area (Å²) in [4.78, 5) is 21.8. The molecule has 2 amide bonds. The molecule has 4 aromatic rings. The number of amides is 2. The van der Waals surface area contributed by atoms with E-state index < -0.39 is 0 Å². The zero-order valence-corrected chi connectivity index (χ0v) is 17.1. The molecule has 0 radical (unpaired) electrons. The van der Waals surface area contributed by atoms with Crippen LogP contribution in [-0.4, -0.2) is 25.8 Å². The maximum atomic E-state index is 12.3. The van der Waals surface area contributed by atoms with Gasteiger partial charge in [0.1, 0.15) is 0 Å². The van der Waals surface area contributed by atoms with Crippen LogP contribution < -0.4 is 10.6 Å². The van der Waals surface area contributed by atoms with Crippen LogP contribution in [0.1, 0.15) is 11.1 Å². The van der Waals surface area contributed by atoms with Gasteiger partial charge in [0.05, 0.1) is 5.69 Å². The van der Waals surface area contributed by atoms with Crippen LogP contribution >= 0.6 is 11.8 Å². The summed E-state index contributed by atoms with van der Waals surface area (Å²) in [5.41, 5.74) is 3.71. The van der Waals surface area contributed by atoms with Gasteiger partial charge in [0, 0.05) is 41.9 Å². The predicted octanol–water partition coefficient (Wildman–Crippen LogP) is 4.44. The molecule has 0 fully saturated rings. The Balaban J connectivity index is 1.31. The molecule has 0 spiro atoms. The molecule has 0 atom stereocenters. The van der Waals surface area contributed by atoms with E-state index in [0.717, 1.165) is 27.4 Å². The number of urea groups is 1. The van der Waals surface area contributed by atoms with E-state index in [9.17, 15) is 4.79 Å². The van der Waals surface area contributed by atoms with Crippen molar-refractivity contribution in [2.24, 2.45) is 0 Å². The highest BCUT2D eigenvalue weighted by Crippen LogP contribution is 2.27. The Labute approximate surface area is 178 Å². The summed E-state index contributed by atoms with van der Waals surface area (Å²) in [6.07, 6.45) is 7.06. The largest absolute Gasteiger partial charge is 0.334 e. The Hall–Kier alpha value is -3.65. The molecule has 2 aromatic carbocycles. The van der Waals surface area contributed by atoms with Crippen LogP contribution in [0.4, 0.5) is 10.5 Å². The molecule has 0 aliphatic heterocycles. The summed E-state index contributed by atoms with van der Waals surface area (Å²) in [6.45, 7) is 2.39. The van der Waals surface area contributed by atoms with Crippen LogP contribution in [0.2, 0.25) is 0 Å². The van der Waals surface area contributed by atoms with Crippen molar-refractivity contribution in [2.75, 3.05) is 5.32 Å². The lowest BCUT2D eigenvalue weighted by Gasteiger charge is -2.11. The average Bonchev–Trinajstić information content (AvgIpc) is 3.30.